The van der Waals surface area contributed by atoms with E-state index in [-0.39, 0.29) is 0 Å². The Hall–Kier alpha value is -1.63. The Balaban J connectivity index is 2.69. The van der Waals surface area contributed by atoms with Crippen molar-refractivity contribution in [2.75, 3.05) is 0 Å². The van der Waals surface area contributed by atoms with Crippen molar-refractivity contribution in [2.45, 2.75) is 13.8 Å². The number of hydrogen-bond acceptors (Lipinski definition) is 1. The third-order valence-electron chi connectivity index (χ3n) is 1.80. The topological polar surface area (TPSA) is 12.9 Å². The molecule has 14 heavy (non-hydrogen) atoms. The second kappa shape index (κ2) is 5.18. The number of allylic oxidation sites excluding steroid dienone is 4. The maximum absolute atomic E-state index is 4.20. The third kappa shape index (κ3) is 3.40. The van der Waals surface area contributed by atoms with Crippen LogP contribution in [0.5, 0.6) is 0 Å². The minimum Gasteiger partial charge on any atom is -0.261 e. The predicted octanol–water partition coefficient (Wildman–Crippen LogP) is 3.54. The maximum atomic E-state index is 4.20. The lowest BCUT2D eigenvalue weighted by Crippen LogP contribution is -1.80. The van der Waals surface area contributed by atoms with Crippen LogP contribution in [0, 0.1) is 6.92 Å². The van der Waals surface area contributed by atoms with Crippen molar-refractivity contribution in [1.82, 2.24) is 4.98 Å². The molecule has 0 amide bonds. The molecule has 1 nitrogen and oxygen atoms in total. The standard InChI is InChI=1S/C13H15N/c1-4-5-11(2)6-8-13-9-7-12(3)14-10-13/h4-10H,2H2,1,3H3/b5-4-,8-6+. The minimum absolute atomic E-state index is 0.994. The summed E-state index contributed by atoms with van der Waals surface area (Å²) in [7, 11) is 0. The zero-order valence-corrected chi connectivity index (χ0v) is 8.70. The lowest BCUT2D eigenvalue weighted by atomic mass is 10.2. The van der Waals surface area contributed by atoms with Gasteiger partial charge in [-0.05, 0) is 31.1 Å². The number of rotatable bonds is 3. The Kier molecular flexibility index (Phi) is 3.86. The molecule has 1 rings (SSSR count). The van der Waals surface area contributed by atoms with Crippen LogP contribution in [0.2, 0.25) is 0 Å². The van der Waals surface area contributed by atoms with Gasteiger partial charge < -0.3 is 0 Å². The van der Waals surface area contributed by atoms with Crippen LogP contribution in [0.4, 0.5) is 0 Å². The van der Waals surface area contributed by atoms with Crippen molar-refractivity contribution < 1.29 is 0 Å². The number of aryl methyl sites for hydroxylation is 1. The summed E-state index contributed by atoms with van der Waals surface area (Å²) in [5.41, 5.74) is 3.13. The number of aromatic nitrogens is 1. The van der Waals surface area contributed by atoms with Crippen LogP contribution in [0.15, 0.2) is 48.7 Å². The molecule has 0 unspecified atom stereocenters. The van der Waals surface area contributed by atoms with Gasteiger partial charge in [-0.25, -0.2) is 0 Å². The van der Waals surface area contributed by atoms with Gasteiger partial charge in [-0.3, -0.25) is 4.98 Å². The van der Waals surface area contributed by atoms with Gasteiger partial charge in [-0.15, -0.1) is 0 Å². The molecule has 0 aliphatic carbocycles. The van der Waals surface area contributed by atoms with Crippen molar-refractivity contribution in [1.29, 1.82) is 0 Å². The number of nitrogens with zero attached hydrogens (tertiary/aromatic N) is 1. The van der Waals surface area contributed by atoms with Gasteiger partial charge in [-0.2, -0.15) is 0 Å². The van der Waals surface area contributed by atoms with Crippen molar-refractivity contribution in [3.63, 3.8) is 0 Å². The zero-order chi connectivity index (χ0) is 10.4. The van der Waals surface area contributed by atoms with Gasteiger partial charge in [0.1, 0.15) is 0 Å². The van der Waals surface area contributed by atoms with Gasteiger partial charge in [0, 0.05) is 11.9 Å². The molecule has 0 aliphatic heterocycles. The monoisotopic (exact) mass is 185 g/mol. The highest BCUT2D eigenvalue weighted by atomic mass is 14.6. The van der Waals surface area contributed by atoms with Gasteiger partial charge in [0.2, 0.25) is 0 Å². The normalized spacial score (nSPS) is 11.3. The summed E-state index contributed by atoms with van der Waals surface area (Å²) in [6.45, 7) is 7.84. The van der Waals surface area contributed by atoms with Crippen LogP contribution in [0.3, 0.4) is 0 Å². The van der Waals surface area contributed by atoms with E-state index >= 15 is 0 Å². The zero-order valence-electron chi connectivity index (χ0n) is 8.70. The van der Waals surface area contributed by atoms with Crippen LogP contribution in [-0.4, -0.2) is 4.98 Å². The molecule has 72 valence electrons. The lowest BCUT2D eigenvalue weighted by Gasteiger charge is -1.94. The first-order chi connectivity index (χ1) is 6.72. The molecule has 0 saturated heterocycles. The van der Waals surface area contributed by atoms with Crippen LogP contribution in [0.25, 0.3) is 6.08 Å². The van der Waals surface area contributed by atoms with E-state index in [1.54, 1.807) is 0 Å². The summed E-state index contributed by atoms with van der Waals surface area (Å²) in [6, 6.07) is 4.04. The Morgan fingerprint density at radius 3 is 2.71 bits per heavy atom. The molecule has 0 radical (unpaired) electrons. The molecule has 0 fully saturated rings. The van der Waals surface area contributed by atoms with E-state index in [4.69, 9.17) is 0 Å². The average molecular weight is 185 g/mol. The molecule has 0 aliphatic rings. The predicted molar refractivity (Wildman–Crippen MR) is 62.0 cm³/mol. The van der Waals surface area contributed by atoms with E-state index in [0.29, 0.717) is 0 Å². The summed E-state index contributed by atoms with van der Waals surface area (Å²) in [4.78, 5) is 4.20. The molecular formula is C13H15N. The molecule has 1 heterocycles. The van der Waals surface area contributed by atoms with E-state index in [9.17, 15) is 0 Å². The molecule has 0 saturated carbocycles. The fourth-order valence-corrected chi connectivity index (χ4v) is 1.05. The molecule has 1 heteroatoms. The van der Waals surface area contributed by atoms with Crippen molar-refractivity contribution in [3.8, 4) is 0 Å². The second-order valence-corrected chi connectivity index (χ2v) is 3.14. The van der Waals surface area contributed by atoms with Gasteiger partial charge >= 0.3 is 0 Å². The SMILES string of the molecule is C=C(/C=C\C)/C=C/c1ccc(C)nc1. The van der Waals surface area contributed by atoms with E-state index in [0.717, 1.165) is 16.8 Å². The molecule has 0 atom stereocenters. The molecule has 0 N–H and O–H groups in total. The molecule has 1 aromatic heterocycles. The highest BCUT2D eigenvalue weighted by Crippen LogP contribution is 2.04. The summed E-state index contributed by atoms with van der Waals surface area (Å²) < 4.78 is 0. The maximum Gasteiger partial charge on any atom is 0.0373 e. The average Bonchev–Trinajstić information content (AvgIpc) is 2.17. The summed E-state index contributed by atoms with van der Waals surface area (Å²) in [6.07, 6.45) is 9.79. The first kappa shape index (κ1) is 10.5. The van der Waals surface area contributed by atoms with E-state index in [1.807, 2.05) is 56.5 Å². The molecule has 0 spiro atoms. The fraction of sp³-hybridized carbons (Fsp3) is 0.154. The third-order valence-corrected chi connectivity index (χ3v) is 1.80. The minimum atomic E-state index is 0.994. The van der Waals surface area contributed by atoms with Gasteiger partial charge in [0.25, 0.3) is 0 Å². The first-order valence-electron chi connectivity index (χ1n) is 4.64. The first-order valence-corrected chi connectivity index (χ1v) is 4.64. The highest BCUT2D eigenvalue weighted by molar-refractivity contribution is 5.53. The van der Waals surface area contributed by atoms with Gasteiger partial charge in [0.05, 0.1) is 0 Å². The Labute approximate surface area is 85.5 Å². The van der Waals surface area contributed by atoms with Crippen LogP contribution < -0.4 is 0 Å². The quantitative estimate of drug-likeness (QED) is 0.656. The summed E-state index contributed by atoms with van der Waals surface area (Å²) in [5.74, 6) is 0. The second-order valence-electron chi connectivity index (χ2n) is 3.14. The molecule has 0 bridgehead atoms. The van der Waals surface area contributed by atoms with Crippen molar-refractivity contribution in [2.24, 2.45) is 0 Å². The van der Waals surface area contributed by atoms with Crippen LogP contribution >= 0.6 is 0 Å². The number of pyridine rings is 1. The fourth-order valence-electron chi connectivity index (χ4n) is 1.05. The van der Waals surface area contributed by atoms with Gasteiger partial charge in [-0.1, -0.05) is 36.9 Å². The number of hydrogen-bond donors (Lipinski definition) is 0. The Bertz CT molecular complexity index is 355. The van der Waals surface area contributed by atoms with Gasteiger partial charge in [0.15, 0.2) is 0 Å². The van der Waals surface area contributed by atoms with Crippen molar-refractivity contribution in [3.05, 3.63) is 60.0 Å². The van der Waals surface area contributed by atoms with E-state index < -0.39 is 0 Å². The highest BCUT2D eigenvalue weighted by Gasteiger charge is 1.87. The van der Waals surface area contributed by atoms with E-state index in [1.165, 1.54) is 0 Å². The van der Waals surface area contributed by atoms with Crippen molar-refractivity contribution >= 4 is 6.08 Å². The lowest BCUT2D eigenvalue weighted by molar-refractivity contribution is 1.19. The summed E-state index contributed by atoms with van der Waals surface area (Å²) in [5, 5.41) is 0. The Morgan fingerprint density at radius 2 is 2.14 bits per heavy atom. The van der Waals surface area contributed by atoms with Crippen LogP contribution in [0.1, 0.15) is 18.2 Å². The molecular weight excluding hydrogens is 170 g/mol. The smallest absolute Gasteiger partial charge is 0.0373 e. The molecule has 1 aromatic rings. The largest absolute Gasteiger partial charge is 0.261 e. The van der Waals surface area contributed by atoms with E-state index in [2.05, 4.69) is 11.6 Å². The molecule has 0 aromatic carbocycles. The summed E-state index contributed by atoms with van der Waals surface area (Å²) >= 11 is 0. The Morgan fingerprint density at radius 1 is 1.36 bits per heavy atom. The van der Waals surface area contributed by atoms with Crippen LogP contribution in [-0.2, 0) is 0 Å².